The number of hydrogen-bond donors (Lipinski definition) is 3. The fourth-order valence-electron chi connectivity index (χ4n) is 6.81. The molecule has 3 N–H and O–H groups in total. The summed E-state index contributed by atoms with van der Waals surface area (Å²) >= 11 is 0. The van der Waals surface area contributed by atoms with Crippen LogP contribution in [0.3, 0.4) is 0 Å². The van der Waals surface area contributed by atoms with E-state index in [1.54, 1.807) is 5.57 Å². The second-order valence-electron chi connectivity index (χ2n) is 11.7. The predicted molar refractivity (Wildman–Crippen MR) is 124 cm³/mol. The molecule has 0 aromatic rings. The molecule has 0 heterocycles. The molecule has 0 radical (unpaired) electrons. The number of rotatable bonds is 6. The summed E-state index contributed by atoms with van der Waals surface area (Å²) in [4.78, 5) is 0. The molecule has 0 aliphatic heterocycles. The second-order valence-corrected chi connectivity index (χ2v) is 11.7. The first-order valence-electron chi connectivity index (χ1n) is 12.5. The van der Waals surface area contributed by atoms with E-state index in [1.807, 2.05) is 13.8 Å². The fraction of sp³-hybridized carbons (Fsp3) is 0.852. The maximum Gasteiger partial charge on any atom is 0.0617 e. The monoisotopic (exact) mass is 418 g/mol. The van der Waals surface area contributed by atoms with Crippen LogP contribution < -0.4 is 0 Å². The molecule has 3 heteroatoms. The van der Waals surface area contributed by atoms with Gasteiger partial charge in [-0.1, -0.05) is 50.5 Å². The SMILES string of the molecule is C[C@H](CC[C@@H](C)C(C)(C)O)[C@H]1CC[C@H]2/C(=C/C=C3C[C@@H](O)C[C@H](O)C3)CCC[C@]12C. The zero-order valence-electron chi connectivity index (χ0n) is 20.0. The van der Waals surface area contributed by atoms with E-state index in [-0.39, 0.29) is 0 Å². The number of aliphatic hydroxyl groups excluding tert-OH is 2. The smallest absolute Gasteiger partial charge is 0.0617 e. The molecule has 3 fully saturated rings. The Morgan fingerprint density at radius 1 is 1.07 bits per heavy atom. The van der Waals surface area contributed by atoms with Crippen molar-refractivity contribution in [2.75, 3.05) is 0 Å². The largest absolute Gasteiger partial charge is 0.393 e. The number of fused-ring (bicyclic) bond motifs is 1. The quantitative estimate of drug-likeness (QED) is 0.512. The standard InChI is InChI=1S/C27H46O3/c1-18(8-9-19(2)26(3,4)30)24-12-13-25-21(7-6-14-27(24,25)5)11-10-20-15-22(28)17-23(29)16-20/h10-11,18-19,22-25,28-30H,6-9,12-17H2,1-5H3/b21-11+/t18-,19-,22-,23-,24-,25+,27-/m1/s1. The number of aliphatic hydroxyl groups is 3. The zero-order valence-corrected chi connectivity index (χ0v) is 20.0. The molecule has 3 rings (SSSR count). The van der Waals surface area contributed by atoms with Gasteiger partial charge >= 0.3 is 0 Å². The molecule has 7 atom stereocenters. The minimum atomic E-state index is -0.587. The maximum absolute atomic E-state index is 10.3. The third-order valence-electron chi connectivity index (χ3n) is 9.06. The van der Waals surface area contributed by atoms with Gasteiger partial charge in [0.15, 0.2) is 0 Å². The third kappa shape index (κ3) is 5.40. The van der Waals surface area contributed by atoms with Gasteiger partial charge in [-0.2, -0.15) is 0 Å². The van der Waals surface area contributed by atoms with Gasteiger partial charge in [-0.05, 0) is 101 Å². The summed E-state index contributed by atoms with van der Waals surface area (Å²) in [5, 5.41) is 30.2. The molecule has 0 bridgehead atoms. The van der Waals surface area contributed by atoms with Crippen LogP contribution in [0.5, 0.6) is 0 Å². The van der Waals surface area contributed by atoms with Crippen molar-refractivity contribution in [2.45, 2.75) is 117 Å². The van der Waals surface area contributed by atoms with E-state index in [0.717, 1.165) is 12.3 Å². The minimum absolute atomic E-state index is 0.333. The van der Waals surface area contributed by atoms with Crippen molar-refractivity contribution < 1.29 is 15.3 Å². The molecule has 30 heavy (non-hydrogen) atoms. The summed E-state index contributed by atoms with van der Waals surface area (Å²) in [5.41, 5.74) is 2.61. The Balaban J connectivity index is 1.67. The molecule has 0 amide bonds. The lowest BCUT2D eigenvalue weighted by atomic mass is 9.60. The average molecular weight is 419 g/mol. The van der Waals surface area contributed by atoms with Crippen LogP contribution in [0.1, 0.15) is 98.8 Å². The zero-order chi connectivity index (χ0) is 22.1. The fourth-order valence-corrected chi connectivity index (χ4v) is 6.81. The normalized spacial score (nSPS) is 38.4. The van der Waals surface area contributed by atoms with Gasteiger partial charge in [0.2, 0.25) is 0 Å². The lowest BCUT2D eigenvalue weighted by molar-refractivity contribution is 0.0150. The van der Waals surface area contributed by atoms with Gasteiger partial charge in [0.25, 0.3) is 0 Å². The first-order valence-corrected chi connectivity index (χ1v) is 12.5. The van der Waals surface area contributed by atoms with E-state index in [4.69, 9.17) is 0 Å². The van der Waals surface area contributed by atoms with Crippen molar-refractivity contribution >= 4 is 0 Å². The minimum Gasteiger partial charge on any atom is -0.393 e. The first-order chi connectivity index (χ1) is 14.0. The van der Waals surface area contributed by atoms with Crippen molar-refractivity contribution in [2.24, 2.45) is 29.1 Å². The van der Waals surface area contributed by atoms with E-state index in [2.05, 4.69) is 32.9 Å². The Morgan fingerprint density at radius 2 is 1.73 bits per heavy atom. The second kappa shape index (κ2) is 9.46. The van der Waals surface area contributed by atoms with E-state index in [0.29, 0.717) is 42.4 Å². The molecule has 0 aromatic carbocycles. The highest BCUT2D eigenvalue weighted by Gasteiger charge is 2.50. The third-order valence-corrected chi connectivity index (χ3v) is 9.06. The molecule has 3 aliphatic rings. The van der Waals surface area contributed by atoms with E-state index >= 15 is 0 Å². The first kappa shape index (κ1) is 24.0. The maximum atomic E-state index is 10.3. The molecule has 3 aliphatic carbocycles. The van der Waals surface area contributed by atoms with Crippen LogP contribution in [0.25, 0.3) is 0 Å². The molecule has 0 aromatic heterocycles. The average Bonchev–Trinajstić information content (AvgIpc) is 3.00. The van der Waals surface area contributed by atoms with Gasteiger partial charge in [0.05, 0.1) is 17.8 Å². The summed E-state index contributed by atoms with van der Waals surface area (Å²) < 4.78 is 0. The van der Waals surface area contributed by atoms with Crippen LogP contribution in [-0.2, 0) is 0 Å². The van der Waals surface area contributed by atoms with Gasteiger partial charge in [-0.3, -0.25) is 0 Å². The van der Waals surface area contributed by atoms with Crippen LogP contribution in [0, 0.1) is 29.1 Å². The molecular formula is C27H46O3. The van der Waals surface area contributed by atoms with Crippen LogP contribution >= 0.6 is 0 Å². The highest BCUT2D eigenvalue weighted by atomic mass is 16.3. The van der Waals surface area contributed by atoms with E-state index in [9.17, 15) is 15.3 Å². The Bertz CT molecular complexity index is 631. The molecule has 0 saturated heterocycles. The summed E-state index contributed by atoms with van der Waals surface area (Å²) in [5.74, 6) is 2.48. The molecule has 0 unspecified atom stereocenters. The summed E-state index contributed by atoms with van der Waals surface area (Å²) in [6, 6.07) is 0. The van der Waals surface area contributed by atoms with Gasteiger partial charge in [-0.15, -0.1) is 0 Å². The summed E-state index contributed by atoms with van der Waals surface area (Å²) in [6.07, 6.45) is 14.5. The summed E-state index contributed by atoms with van der Waals surface area (Å²) in [6.45, 7) is 11.0. The van der Waals surface area contributed by atoms with Gasteiger partial charge < -0.3 is 15.3 Å². The topological polar surface area (TPSA) is 60.7 Å². The van der Waals surface area contributed by atoms with Crippen molar-refractivity contribution in [3.63, 3.8) is 0 Å². The van der Waals surface area contributed by atoms with Crippen LogP contribution in [0.2, 0.25) is 0 Å². The van der Waals surface area contributed by atoms with Crippen LogP contribution in [0.4, 0.5) is 0 Å². The van der Waals surface area contributed by atoms with Crippen molar-refractivity contribution in [3.05, 3.63) is 23.3 Å². The molecule has 3 nitrogen and oxygen atoms in total. The molecule has 3 saturated carbocycles. The predicted octanol–water partition coefficient (Wildman–Crippen LogP) is 5.78. The van der Waals surface area contributed by atoms with Gasteiger partial charge in [0, 0.05) is 0 Å². The van der Waals surface area contributed by atoms with Crippen molar-refractivity contribution in [3.8, 4) is 0 Å². The Hall–Kier alpha value is -0.640. The Morgan fingerprint density at radius 3 is 2.37 bits per heavy atom. The van der Waals surface area contributed by atoms with Crippen molar-refractivity contribution in [1.82, 2.24) is 0 Å². The van der Waals surface area contributed by atoms with E-state index in [1.165, 1.54) is 44.1 Å². The Kier molecular flexibility index (Phi) is 7.58. The van der Waals surface area contributed by atoms with E-state index < -0.39 is 17.8 Å². The summed E-state index contributed by atoms with van der Waals surface area (Å²) in [7, 11) is 0. The van der Waals surface area contributed by atoms with Crippen LogP contribution in [-0.4, -0.2) is 33.1 Å². The van der Waals surface area contributed by atoms with Crippen LogP contribution in [0.15, 0.2) is 23.3 Å². The highest BCUT2D eigenvalue weighted by Crippen LogP contribution is 2.60. The molecule has 0 spiro atoms. The Labute approximate surface area is 184 Å². The molecule has 172 valence electrons. The van der Waals surface area contributed by atoms with Gasteiger partial charge in [0.1, 0.15) is 0 Å². The van der Waals surface area contributed by atoms with Crippen molar-refractivity contribution in [1.29, 1.82) is 0 Å². The lowest BCUT2D eigenvalue weighted by Crippen LogP contribution is -2.36. The van der Waals surface area contributed by atoms with Gasteiger partial charge in [-0.25, -0.2) is 0 Å². The molecular weight excluding hydrogens is 372 g/mol. The number of hydrogen-bond acceptors (Lipinski definition) is 3. The lowest BCUT2D eigenvalue weighted by Gasteiger charge is -2.44. The number of allylic oxidation sites excluding steroid dienone is 3. The highest BCUT2D eigenvalue weighted by molar-refractivity contribution is 5.26.